The van der Waals surface area contributed by atoms with Gasteiger partial charge in [-0.05, 0) is 32.9 Å². The van der Waals surface area contributed by atoms with Gasteiger partial charge in [0.15, 0.2) is 17.9 Å². The van der Waals surface area contributed by atoms with Crippen molar-refractivity contribution in [3.8, 4) is 17.6 Å². The quantitative estimate of drug-likeness (QED) is 0.203. The van der Waals surface area contributed by atoms with Crippen molar-refractivity contribution in [2.75, 3.05) is 13.3 Å². The summed E-state index contributed by atoms with van der Waals surface area (Å²) in [5.41, 5.74) is -4.66. The number of carbonyl (C=O) groups excluding carboxylic acids is 1. The van der Waals surface area contributed by atoms with Crippen LogP contribution in [0.4, 0.5) is 4.39 Å². The first kappa shape index (κ1) is 30.2. The monoisotopic (exact) mass is 571 g/mol. The van der Waals surface area contributed by atoms with E-state index in [-0.39, 0.29) is 5.75 Å². The summed E-state index contributed by atoms with van der Waals surface area (Å²) in [5.74, 6) is 3.26. The predicted octanol–water partition coefficient (Wildman–Crippen LogP) is 0.454. The molecule has 0 radical (unpaired) electrons. The number of phosphoric acid groups is 1. The number of aromatic amines is 1. The normalized spacial score (nSPS) is 24.8. The van der Waals surface area contributed by atoms with E-state index in [1.165, 1.54) is 19.1 Å². The van der Waals surface area contributed by atoms with E-state index in [1.807, 2.05) is 10.9 Å². The van der Waals surface area contributed by atoms with Crippen LogP contribution in [0.5, 0.6) is 5.75 Å². The van der Waals surface area contributed by atoms with Crippen molar-refractivity contribution >= 4 is 13.8 Å². The molecule has 1 saturated heterocycles. The highest BCUT2D eigenvalue weighted by atomic mass is 31.2. The minimum absolute atomic E-state index is 0.0483. The average molecular weight is 571 g/mol. The van der Waals surface area contributed by atoms with Gasteiger partial charge in [0.1, 0.15) is 31.0 Å². The third kappa shape index (κ3) is 7.39. The summed E-state index contributed by atoms with van der Waals surface area (Å²) >= 11 is 0. The van der Waals surface area contributed by atoms with E-state index in [0.29, 0.717) is 4.57 Å². The van der Waals surface area contributed by atoms with Gasteiger partial charge in [0.25, 0.3) is 0 Å². The summed E-state index contributed by atoms with van der Waals surface area (Å²) in [6.07, 6.45) is -6.49. The van der Waals surface area contributed by atoms with E-state index in [4.69, 9.17) is 23.0 Å². The Hall–Kier alpha value is -3.38. The average Bonchev–Trinajstić information content (AvgIpc) is 3.11. The predicted molar refractivity (Wildman–Crippen MR) is 130 cm³/mol. The number of benzene rings is 1. The van der Waals surface area contributed by atoms with Gasteiger partial charge in [-0.2, -0.15) is 4.98 Å². The summed E-state index contributed by atoms with van der Waals surface area (Å²) in [5, 5.41) is 21.9. The fourth-order valence-electron chi connectivity index (χ4n) is 3.43. The zero-order valence-corrected chi connectivity index (χ0v) is 21.9. The number of nitrogens with zero attached hydrogens (tertiary/aromatic N) is 2. The molecule has 1 aromatic heterocycles. The number of carbonyl (C=O) groups is 1. The third-order valence-corrected chi connectivity index (χ3v) is 6.64. The van der Waals surface area contributed by atoms with Crippen LogP contribution in [-0.2, 0) is 27.9 Å². The number of hydrogen-bond donors (Lipinski definition) is 3. The van der Waals surface area contributed by atoms with Crippen LogP contribution in [0.1, 0.15) is 27.0 Å². The molecule has 0 bridgehead atoms. The van der Waals surface area contributed by atoms with E-state index in [2.05, 4.69) is 10.9 Å². The Morgan fingerprint density at radius 2 is 2.00 bits per heavy atom. The Morgan fingerprint density at radius 1 is 1.31 bits per heavy atom. The highest BCUT2D eigenvalue weighted by Crippen LogP contribution is 2.51. The molecule has 0 spiro atoms. The van der Waals surface area contributed by atoms with Crippen molar-refractivity contribution in [1.29, 1.82) is 0 Å². The van der Waals surface area contributed by atoms with E-state index < -0.39 is 74.7 Å². The minimum atomic E-state index is -4.64. The molecule has 212 valence electrons. The molecule has 0 amide bonds. The van der Waals surface area contributed by atoms with Gasteiger partial charge < -0.3 is 24.2 Å². The minimum Gasteiger partial charge on any atom is -0.461 e. The molecule has 0 aliphatic carbocycles. The van der Waals surface area contributed by atoms with Crippen LogP contribution in [-0.4, -0.2) is 74.0 Å². The Kier molecular flexibility index (Phi) is 9.78. The molecule has 2 aromatic rings. The molecular weight excluding hydrogens is 544 g/mol. The number of phosphoric ester groups is 1. The zero-order chi connectivity index (χ0) is 28.8. The van der Waals surface area contributed by atoms with Crippen molar-refractivity contribution in [2.24, 2.45) is 0 Å². The molecule has 1 aromatic carbocycles. The topological polar surface area (TPSA) is 188 Å². The first-order valence-corrected chi connectivity index (χ1v) is 13.0. The standard InChI is InChI=1S/C23H27FN3O11P/c1-14(2)35-19(29)15(3)37-39(33,38-16-8-5-4-6-9-16)34-12-17-18(28)23(32,10-7-11-24)20(36-17)27-13-25-21(30)26-22(27)31/h4-6,8-9,13-15,17-18,20,28,32H,11-12H2,1-3H3,(H,26,30,31)/t15-,17+,18?,20?,23?,39-/m0/s1. The van der Waals surface area contributed by atoms with Crippen LogP contribution >= 0.6 is 7.82 Å². The number of aliphatic hydroxyl groups is 2. The van der Waals surface area contributed by atoms with Crippen LogP contribution in [0.2, 0.25) is 0 Å². The molecule has 0 saturated carbocycles. The lowest BCUT2D eigenvalue weighted by atomic mass is 9.94. The maximum absolute atomic E-state index is 13.6. The first-order valence-electron chi connectivity index (χ1n) is 11.6. The molecule has 1 aliphatic heterocycles. The molecule has 3 rings (SSSR count). The van der Waals surface area contributed by atoms with E-state index >= 15 is 0 Å². The maximum atomic E-state index is 13.6. The number of aliphatic hydroxyl groups excluding tert-OH is 1. The number of H-pyrrole nitrogens is 1. The zero-order valence-electron chi connectivity index (χ0n) is 21.1. The van der Waals surface area contributed by atoms with Gasteiger partial charge in [0.05, 0.1) is 12.7 Å². The largest absolute Gasteiger partial charge is 0.530 e. The maximum Gasteiger partial charge on any atom is 0.530 e. The number of esters is 1. The van der Waals surface area contributed by atoms with Gasteiger partial charge in [-0.1, -0.05) is 30.0 Å². The van der Waals surface area contributed by atoms with Gasteiger partial charge in [0.2, 0.25) is 0 Å². The Bertz CT molecular complexity index is 1370. The summed E-state index contributed by atoms with van der Waals surface area (Å²) in [4.78, 5) is 41.1. The van der Waals surface area contributed by atoms with Gasteiger partial charge in [-0.15, -0.1) is 0 Å². The molecule has 16 heteroatoms. The molecule has 14 nitrogen and oxygen atoms in total. The second kappa shape index (κ2) is 12.6. The highest BCUT2D eigenvalue weighted by molar-refractivity contribution is 7.49. The molecule has 39 heavy (non-hydrogen) atoms. The van der Waals surface area contributed by atoms with Gasteiger partial charge in [-0.25, -0.2) is 23.3 Å². The van der Waals surface area contributed by atoms with Crippen molar-refractivity contribution < 1.29 is 47.0 Å². The molecule has 2 heterocycles. The summed E-state index contributed by atoms with van der Waals surface area (Å²) in [6, 6.07) is 7.69. The number of aromatic nitrogens is 3. The summed E-state index contributed by atoms with van der Waals surface area (Å²) < 4.78 is 53.7. The molecule has 3 unspecified atom stereocenters. The second-order valence-corrected chi connectivity index (χ2v) is 10.0. The smallest absolute Gasteiger partial charge is 0.461 e. The SMILES string of the molecule is CC(C)OC(=O)[C@H](C)O[P@](=O)(OC[C@H]1OC(n2cnc(=O)[nH]c2=O)C(O)(C#CCF)C1O)Oc1ccccc1. The molecule has 6 atom stereocenters. The molecular formula is C23H27FN3O11P. The van der Waals surface area contributed by atoms with Crippen molar-refractivity contribution in [3.05, 3.63) is 57.6 Å². The van der Waals surface area contributed by atoms with E-state index in [0.717, 1.165) is 6.33 Å². The summed E-state index contributed by atoms with van der Waals surface area (Å²) in [7, 11) is -4.64. The Morgan fingerprint density at radius 3 is 2.62 bits per heavy atom. The number of alkyl halides is 1. The van der Waals surface area contributed by atoms with Crippen LogP contribution in [0, 0.1) is 11.8 Å². The fourth-order valence-corrected chi connectivity index (χ4v) is 4.77. The van der Waals surface area contributed by atoms with Crippen molar-refractivity contribution in [2.45, 2.75) is 57.0 Å². The summed E-state index contributed by atoms with van der Waals surface area (Å²) in [6.45, 7) is 2.46. The van der Waals surface area contributed by atoms with Gasteiger partial charge in [-0.3, -0.25) is 18.6 Å². The van der Waals surface area contributed by atoms with Crippen LogP contribution in [0.25, 0.3) is 0 Å². The van der Waals surface area contributed by atoms with E-state index in [9.17, 15) is 33.6 Å². The number of nitrogens with one attached hydrogen (secondary N) is 1. The van der Waals surface area contributed by atoms with Crippen LogP contribution < -0.4 is 15.9 Å². The van der Waals surface area contributed by atoms with Gasteiger partial charge >= 0.3 is 25.2 Å². The van der Waals surface area contributed by atoms with Crippen molar-refractivity contribution in [3.63, 3.8) is 0 Å². The number of para-hydroxylation sites is 1. The lowest BCUT2D eigenvalue weighted by Crippen LogP contribution is -2.48. The lowest BCUT2D eigenvalue weighted by Gasteiger charge is -2.26. The lowest BCUT2D eigenvalue weighted by molar-refractivity contribution is -0.156. The van der Waals surface area contributed by atoms with Crippen molar-refractivity contribution in [1.82, 2.24) is 14.5 Å². The van der Waals surface area contributed by atoms with E-state index in [1.54, 1.807) is 32.0 Å². The van der Waals surface area contributed by atoms with Crippen LogP contribution in [0.15, 0.2) is 46.2 Å². The fraction of sp³-hybridized carbons (Fsp3) is 0.478. The first-order chi connectivity index (χ1) is 18.4. The Balaban J connectivity index is 1.88. The number of halogens is 1. The Labute approximate surface area is 221 Å². The third-order valence-electron chi connectivity index (χ3n) is 5.17. The number of rotatable bonds is 10. The highest BCUT2D eigenvalue weighted by Gasteiger charge is 2.57. The van der Waals surface area contributed by atoms with Gasteiger partial charge in [0, 0.05) is 0 Å². The second-order valence-electron chi connectivity index (χ2n) is 8.50. The number of ether oxygens (including phenoxy) is 2. The number of hydrogen-bond acceptors (Lipinski definition) is 12. The van der Waals surface area contributed by atoms with Crippen LogP contribution in [0.3, 0.4) is 0 Å². The molecule has 1 aliphatic rings. The molecule has 1 fully saturated rings. The molecule has 3 N–H and O–H groups in total.